The van der Waals surface area contributed by atoms with Crippen molar-refractivity contribution in [1.29, 1.82) is 0 Å². The standard InChI is InChI=1S/C12H20O4/c1-6-16-10(14)8-7(11(8,2)3)9(13)12(4,5)15/h7-8,15H,6H2,1-5H3. The Kier molecular flexibility index (Phi) is 3.16. The molecule has 2 unspecified atom stereocenters. The molecule has 0 bridgehead atoms. The molecule has 0 aromatic carbocycles. The second-order valence-corrected chi connectivity index (χ2v) is 5.45. The smallest absolute Gasteiger partial charge is 0.310 e. The van der Waals surface area contributed by atoms with Gasteiger partial charge in [0.15, 0.2) is 5.78 Å². The summed E-state index contributed by atoms with van der Waals surface area (Å²) >= 11 is 0. The molecular weight excluding hydrogens is 208 g/mol. The van der Waals surface area contributed by atoms with Crippen LogP contribution in [0, 0.1) is 17.3 Å². The minimum absolute atomic E-state index is 0.282. The molecule has 1 rings (SSSR count). The molecule has 16 heavy (non-hydrogen) atoms. The highest BCUT2D eigenvalue weighted by atomic mass is 16.5. The molecule has 1 fully saturated rings. The van der Waals surface area contributed by atoms with Crippen LogP contribution in [0.4, 0.5) is 0 Å². The Morgan fingerprint density at radius 3 is 2.19 bits per heavy atom. The van der Waals surface area contributed by atoms with Crippen molar-refractivity contribution >= 4 is 11.8 Å². The van der Waals surface area contributed by atoms with E-state index in [0.29, 0.717) is 6.61 Å². The summed E-state index contributed by atoms with van der Waals surface area (Å²) in [5.41, 5.74) is -1.79. The second kappa shape index (κ2) is 3.84. The molecule has 0 aliphatic heterocycles. The first-order valence-electron chi connectivity index (χ1n) is 5.57. The fourth-order valence-corrected chi connectivity index (χ4v) is 2.18. The number of carbonyl (C=O) groups is 2. The molecule has 4 nitrogen and oxygen atoms in total. The first-order valence-corrected chi connectivity index (χ1v) is 5.57. The number of hydrogen-bond donors (Lipinski definition) is 1. The highest BCUT2D eigenvalue weighted by molar-refractivity contribution is 5.97. The molecule has 0 radical (unpaired) electrons. The van der Waals surface area contributed by atoms with Crippen LogP contribution in [0.25, 0.3) is 0 Å². The molecule has 1 N–H and O–H groups in total. The highest BCUT2D eigenvalue weighted by Crippen LogP contribution is 2.60. The van der Waals surface area contributed by atoms with Crippen LogP contribution in [0.3, 0.4) is 0 Å². The SMILES string of the molecule is CCOC(=O)C1C(C(=O)C(C)(C)O)C1(C)C. The second-order valence-electron chi connectivity index (χ2n) is 5.45. The van der Waals surface area contributed by atoms with Crippen molar-refractivity contribution in [1.82, 2.24) is 0 Å². The fourth-order valence-electron chi connectivity index (χ4n) is 2.18. The molecule has 0 amide bonds. The van der Waals surface area contributed by atoms with Gasteiger partial charge in [-0.1, -0.05) is 13.8 Å². The van der Waals surface area contributed by atoms with Crippen LogP contribution in [-0.4, -0.2) is 29.1 Å². The lowest BCUT2D eigenvalue weighted by Gasteiger charge is -2.16. The van der Waals surface area contributed by atoms with Crippen LogP contribution >= 0.6 is 0 Å². The van der Waals surface area contributed by atoms with Gasteiger partial charge in [0.25, 0.3) is 0 Å². The Morgan fingerprint density at radius 2 is 1.81 bits per heavy atom. The van der Waals surface area contributed by atoms with Gasteiger partial charge in [0.1, 0.15) is 5.60 Å². The molecule has 2 atom stereocenters. The van der Waals surface area contributed by atoms with Crippen molar-refractivity contribution in [2.45, 2.75) is 40.2 Å². The monoisotopic (exact) mass is 228 g/mol. The fraction of sp³-hybridized carbons (Fsp3) is 0.833. The van der Waals surface area contributed by atoms with Gasteiger partial charge in [0.05, 0.1) is 12.5 Å². The zero-order chi connectivity index (χ0) is 12.7. The Balaban J connectivity index is 2.79. The first kappa shape index (κ1) is 13.2. The average molecular weight is 228 g/mol. The lowest BCUT2D eigenvalue weighted by molar-refractivity contribution is -0.147. The van der Waals surface area contributed by atoms with Crippen LogP contribution in [0.15, 0.2) is 0 Å². The Bertz CT molecular complexity index is 311. The summed E-state index contributed by atoms with van der Waals surface area (Å²) < 4.78 is 4.92. The number of esters is 1. The molecule has 1 aliphatic carbocycles. The number of carbonyl (C=O) groups excluding carboxylic acids is 2. The van der Waals surface area contributed by atoms with Gasteiger partial charge >= 0.3 is 5.97 Å². The van der Waals surface area contributed by atoms with Gasteiger partial charge in [-0.05, 0) is 26.2 Å². The van der Waals surface area contributed by atoms with E-state index in [1.165, 1.54) is 13.8 Å². The normalized spacial score (nSPS) is 27.4. The van der Waals surface area contributed by atoms with E-state index in [9.17, 15) is 14.7 Å². The number of ketones is 1. The van der Waals surface area contributed by atoms with Crippen molar-refractivity contribution in [3.63, 3.8) is 0 Å². The predicted molar refractivity (Wildman–Crippen MR) is 58.7 cm³/mol. The van der Waals surface area contributed by atoms with Crippen molar-refractivity contribution < 1.29 is 19.4 Å². The van der Waals surface area contributed by atoms with Crippen molar-refractivity contribution in [3.05, 3.63) is 0 Å². The topological polar surface area (TPSA) is 63.6 Å². The van der Waals surface area contributed by atoms with Crippen LogP contribution in [0.5, 0.6) is 0 Å². The van der Waals surface area contributed by atoms with Crippen molar-refractivity contribution in [3.8, 4) is 0 Å². The average Bonchev–Trinajstić information content (AvgIpc) is 2.66. The van der Waals surface area contributed by atoms with Gasteiger partial charge in [-0.3, -0.25) is 9.59 Å². The van der Waals surface area contributed by atoms with E-state index >= 15 is 0 Å². The van der Waals surface area contributed by atoms with E-state index in [0.717, 1.165) is 0 Å². The summed E-state index contributed by atoms with van der Waals surface area (Å²) in [6.07, 6.45) is 0. The van der Waals surface area contributed by atoms with Gasteiger partial charge in [0.2, 0.25) is 0 Å². The number of rotatable bonds is 4. The van der Waals surface area contributed by atoms with Gasteiger partial charge in [-0.25, -0.2) is 0 Å². The maximum atomic E-state index is 11.9. The van der Waals surface area contributed by atoms with E-state index in [-0.39, 0.29) is 11.8 Å². The molecule has 0 spiro atoms. The third kappa shape index (κ3) is 2.12. The highest BCUT2D eigenvalue weighted by Gasteiger charge is 2.67. The molecule has 1 aliphatic rings. The molecule has 0 aromatic heterocycles. The van der Waals surface area contributed by atoms with Crippen LogP contribution in [0.1, 0.15) is 34.6 Å². The molecular formula is C12H20O4. The number of aliphatic hydroxyl groups is 1. The predicted octanol–water partition coefficient (Wildman–Crippen LogP) is 1.16. The van der Waals surface area contributed by atoms with Gasteiger partial charge in [-0.15, -0.1) is 0 Å². The summed E-state index contributed by atoms with van der Waals surface area (Å²) in [5.74, 6) is -1.46. The largest absolute Gasteiger partial charge is 0.466 e. The summed E-state index contributed by atoms with van der Waals surface area (Å²) in [5, 5.41) is 9.66. The van der Waals surface area contributed by atoms with Crippen LogP contribution in [-0.2, 0) is 14.3 Å². The Hall–Kier alpha value is -0.900. The molecule has 92 valence electrons. The third-order valence-corrected chi connectivity index (χ3v) is 3.25. The molecule has 1 saturated carbocycles. The van der Waals surface area contributed by atoms with Crippen LogP contribution < -0.4 is 0 Å². The summed E-state index contributed by atoms with van der Waals surface area (Å²) in [4.78, 5) is 23.5. The Labute approximate surface area is 96.0 Å². The van der Waals surface area contributed by atoms with E-state index < -0.39 is 22.9 Å². The number of hydrogen-bond acceptors (Lipinski definition) is 4. The van der Waals surface area contributed by atoms with E-state index in [2.05, 4.69) is 0 Å². The molecule has 0 heterocycles. The summed E-state index contributed by atoms with van der Waals surface area (Å²) in [6, 6.07) is 0. The van der Waals surface area contributed by atoms with Gasteiger partial charge < -0.3 is 9.84 Å². The zero-order valence-corrected chi connectivity index (χ0v) is 10.5. The lowest BCUT2D eigenvalue weighted by Crippen LogP contribution is -2.34. The van der Waals surface area contributed by atoms with Crippen molar-refractivity contribution in [2.75, 3.05) is 6.61 Å². The minimum atomic E-state index is -1.39. The maximum absolute atomic E-state index is 11.9. The first-order chi connectivity index (χ1) is 7.14. The van der Waals surface area contributed by atoms with E-state index in [1.807, 2.05) is 13.8 Å². The molecule has 4 heteroatoms. The lowest BCUT2D eigenvalue weighted by atomic mass is 9.95. The van der Waals surface area contributed by atoms with E-state index in [1.54, 1.807) is 6.92 Å². The number of Topliss-reactive ketones (excluding diaryl/α,β-unsaturated/α-hetero) is 1. The summed E-state index contributed by atoms with van der Waals surface area (Å²) in [6.45, 7) is 8.65. The van der Waals surface area contributed by atoms with E-state index in [4.69, 9.17) is 4.74 Å². The third-order valence-electron chi connectivity index (χ3n) is 3.25. The van der Waals surface area contributed by atoms with Gasteiger partial charge in [0, 0.05) is 5.92 Å². The maximum Gasteiger partial charge on any atom is 0.310 e. The molecule has 0 aromatic rings. The zero-order valence-electron chi connectivity index (χ0n) is 10.5. The Morgan fingerprint density at radius 1 is 1.31 bits per heavy atom. The molecule has 0 saturated heterocycles. The van der Waals surface area contributed by atoms with Crippen molar-refractivity contribution in [2.24, 2.45) is 17.3 Å². The van der Waals surface area contributed by atoms with Crippen LogP contribution in [0.2, 0.25) is 0 Å². The summed E-state index contributed by atoms with van der Waals surface area (Å²) in [7, 11) is 0. The minimum Gasteiger partial charge on any atom is -0.466 e. The quantitative estimate of drug-likeness (QED) is 0.733. The number of ether oxygens (including phenoxy) is 1. The van der Waals surface area contributed by atoms with Gasteiger partial charge in [-0.2, -0.15) is 0 Å².